The Balaban J connectivity index is 2.66. The van der Waals surface area contributed by atoms with Crippen molar-refractivity contribution < 1.29 is 4.79 Å². The summed E-state index contributed by atoms with van der Waals surface area (Å²) in [6, 6.07) is 10.2. The second kappa shape index (κ2) is 5.53. The van der Waals surface area contributed by atoms with Crippen molar-refractivity contribution in [2.45, 2.75) is 45.1 Å². The van der Waals surface area contributed by atoms with Gasteiger partial charge in [-0.2, -0.15) is 0 Å². The van der Waals surface area contributed by atoms with Crippen molar-refractivity contribution in [2.24, 2.45) is 5.73 Å². The minimum absolute atomic E-state index is 0.0889. The van der Waals surface area contributed by atoms with Gasteiger partial charge in [-0.15, -0.1) is 0 Å². The van der Waals surface area contributed by atoms with Gasteiger partial charge in [0.25, 0.3) is 0 Å². The molecular weight excluding hydrogens is 224 g/mol. The zero-order valence-corrected chi connectivity index (χ0v) is 11.8. The lowest BCUT2D eigenvalue weighted by atomic mass is 9.84. The van der Waals surface area contributed by atoms with Crippen molar-refractivity contribution in [2.75, 3.05) is 6.54 Å². The fourth-order valence-electron chi connectivity index (χ4n) is 1.66. The molecule has 0 aliphatic heterocycles. The van der Waals surface area contributed by atoms with Gasteiger partial charge in [0.2, 0.25) is 5.91 Å². The first-order valence-electron chi connectivity index (χ1n) is 6.42. The van der Waals surface area contributed by atoms with Gasteiger partial charge in [-0.05, 0) is 18.9 Å². The topological polar surface area (TPSA) is 55.1 Å². The summed E-state index contributed by atoms with van der Waals surface area (Å²) in [5.74, 6) is -0.0889. The van der Waals surface area contributed by atoms with Crippen LogP contribution >= 0.6 is 0 Å². The Bertz CT molecular complexity index is 396. The minimum atomic E-state index is -0.785. The predicted molar refractivity (Wildman–Crippen MR) is 75.4 cm³/mol. The molecule has 0 radical (unpaired) electrons. The zero-order valence-electron chi connectivity index (χ0n) is 11.8. The van der Waals surface area contributed by atoms with E-state index >= 15 is 0 Å². The molecule has 0 bridgehead atoms. The monoisotopic (exact) mass is 248 g/mol. The number of carbonyl (C=O) groups excluding carboxylic acids is 1. The van der Waals surface area contributed by atoms with E-state index in [0.717, 1.165) is 0 Å². The molecule has 0 saturated carbocycles. The van der Waals surface area contributed by atoms with Crippen LogP contribution in [0.4, 0.5) is 0 Å². The van der Waals surface area contributed by atoms with Crippen molar-refractivity contribution in [3.63, 3.8) is 0 Å². The highest BCUT2D eigenvalue weighted by molar-refractivity contribution is 5.85. The second-order valence-corrected chi connectivity index (χ2v) is 5.70. The van der Waals surface area contributed by atoms with E-state index in [9.17, 15) is 4.79 Å². The van der Waals surface area contributed by atoms with E-state index in [1.807, 2.05) is 25.1 Å². The standard InChI is InChI=1S/C15H24N2O/c1-5-15(4,16)13(18)17-11-14(2,3)12-9-7-6-8-10-12/h6-10H,5,11,16H2,1-4H3,(H,17,18). The molecule has 1 aromatic carbocycles. The molecule has 0 spiro atoms. The molecule has 0 aliphatic rings. The number of nitrogens with two attached hydrogens (primary N) is 1. The summed E-state index contributed by atoms with van der Waals surface area (Å²) in [5, 5.41) is 2.95. The fraction of sp³-hybridized carbons (Fsp3) is 0.533. The molecule has 100 valence electrons. The van der Waals surface area contributed by atoms with Crippen LogP contribution < -0.4 is 11.1 Å². The fourth-order valence-corrected chi connectivity index (χ4v) is 1.66. The summed E-state index contributed by atoms with van der Waals surface area (Å²) in [5.41, 5.74) is 6.24. The molecule has 1 unspecified atom stereocenters. The summed E-state index contributed by atoms with van der Waals surface area (Å²) in [6.45, 7) is 8.49. The summed E-state index contributed by atoms with van der Waals surface area (Å²) >= 11 is 0. The third kappa shape index (κ3) is 3.57. The van der Waals surface area contributed by atoms with Crippen LogP contribution in [0.2, 0.25) is 0 Å². The van der Waals surface area contributed by atoms with E-state index in [1.165, 1.54) is 5.56 Å². The molecule has 18 heavy (non-hydrogen) atoms. The Morgan fingerprint density at radius 3 is 2.28 bits per heavy atom. The van der Waals surface area contributed by atoms with Gasteiger partial charge in [0.1, 0.15) is 0 Å². The molecule has 1 rings (SSSR count). The lowest BCUT2D eigenvalue weighted by Crippen LogP contribution is -2.53. The van der Waals surface area contributed by atoms with Crippen LogP contribution in [0.25, 0.3) is 0 Å². The van der Waals surface area contributed by atoms with Crippen LogP contribution in [0.15, 0.2) is 30.3 Å². The van der Waals surface area contributed by atoms with Crippen LogP contribution in [-0.4, -0.2) is 18.0 Å². The number of benzene rings is 1. The van der Waals surface area contributed by atoms with Crippen molar-refractivity contribution in [1.82, 2.24) is 5.32 Å². The van der Waals surface area contributed by atoms with Crippen LogP contribution in [0.5, 0.6) is 0 Å². The normalized spacial score (nSPS) is 14.9. The average molecular weight is 248 g/mol. The smallest absolute Gasteiger partial charge is 0.239 e. The van der Waals surface area contributed by atoms with E-state index in [0.29, 0.717) is 13.0 Å². The van der Waals surface area contributed by atoms with Crippen molar-refractivity contribution in [3.8, 4) is 0 Å². The van der Waals surface area contributed by atoms with Gasteiger partial charge in [-0.1, -0.05) is 51.1 Å². The van der Waals surface area contributed by atoms with Crippen LogP contribution in [0, 0.1) is 0 Å². The molecule has 0 fully saturated rings. The quantitative estimate of drug-likeness (QED) is 0.839. The largest absolute Gasteiger partial charge is 0.354 e. The Morgan fingerprint density at radius 1 is 1.22 bits per heavy atom. The molecule has 3 N–H and O–H groups in total. The molecule has 1 atom stereocenters. The highest BCUT2D eigenvalue weighted by Crippen LogP contribution is 2.21. The van der Waals surface area contributed by atoms with Crippen molar-refractivity contribution >= 4 is 5.91 Å². The maximum absolute atomic E-state index is 11.9. The molecule has 1 amide bonds. The van der Waals surface area contributed by atoms with Gasteiger partial charge in [-0.3, -0.25) is 4.79 Å². The number of hydrogen-bond acceptors (Lipinski definition) is 2. The summed E-state index contributed by atoms with van der Waals surface area (Å²) in [7, 11) is 0. The maximum atomic E-state index is 11.9. The van der Waals surface area contributed by atoms with Crippen LogP contribution in [-0.2, 0) is 10.2 Å². The van der Waals surface area contributed by atoms with Crippen LogP contribution in [0.3, 0.4) is 0 Å². The second-order valence-electron chi connectivity index (χ2n) is 5.70. The Morgan fingerprint density at radius 2 is 1.78 bits per heavy atom. The Kier molecular flexibility index (Phi) is 4.52. The van der Waals surface area contributed by atoms with E-state index in [4.69, 9.17) is 5.73 Å². The summed E-state index contributed by atoms with van der Waals surface area (Å²) < 4.78 is 0. The van der Waals surface area contributed by atoms with E-state index in [2.05, 4.69) is 31.3 Å². The first-order valence-corrected chi connectivity index (χ1v) is 6.42. The number of nitrogens with one attached hydrogen (secondary N) is 1. The summed E-state index contributed by atoms with van der Waals surface area (Å²) in [4.78, 5) is 11.9. The maximum Gasteiger partial charge on any atom is 0.239 e. The predicted octanol–water partition coefficient (Wildman–Crippen LogP) is 2.21. The molecule has 1 aromatic rings. The molecule has 3 heteroatoms. The number of amides is 1. The van der Waals surface area contributed by atoms with E-state index in [-0.39, 0.29) is 11.3 Å². The number of hydrogen-bond donors (Lipinski definition) is 2. The van der Waals surface area contributed by atoms with E-state index in [1.54, 1.807) is 6.92 Å². The first-order chi connectivity index (χ1) is 8.29. The average Bonchev–Trinajstić information content (AvgIpc) is 2.37. The van der Waals surface area contributed by atoms with Gasteiger partial charge in [0, 0.05) is 12.0 Å². The third-order valence-corrected chi connectivity index (χ3v) is 3.50. The SMILES string of the molecule is CCC(C)(N)C(=O)NCC(C)(C)c1ccccc1. The van der Waals surface area contributed by atoms with Gasteiger partial charge < -0.3 is 11.1 Å². The molecule has 0 heterocycles. The molecule has 0 aromatic heterocycles. The summed E-state index contributed by atoms with van der Waals surface area (Å²) in [6.07, 6.45) is 0.630. The zero-order chi connectivity index (χ0) is 13.8. The van der Waals surface area contributed by atoms with Crippen molar-refractivity contribution in [1.29, 1.82) is 0 Å². The van der Waals surface area contributed by atoms with E-state index < -0.39 is 5.54 Å². The molecule has 0 saturated heterocycles. The highest BCUT2D eigenvalue weighted by atomic mass is 16.2. The number of carbonyl (C=O) groups is 1. The third-order valence-electron chi connectivity index (χ3n) is 3.50. The lowest BCUT2D eigenvalue weighted by Gasteiger charge is -2.28. The molecule has 0 aliphatic carbocycles. The molecular formula is C15H24N2O. The minimum Gasteiger partial charge on any atom is -0.354 e. The van der Waals surface area contributed by atoms with Gasteiger partial charge in [0.05, 0.1) is 5.54 Å². The number of rotatable bonds is 5. The van der Waals surface area contributed by atoms with Crippen molar-refractivity contribution in [3.05, 3.63) is 35.9 Å². The first kappa shape index (κ1) is 14.7. The van der Waals surface area contributed by atoms with Crippen LogP contribution in [0.1, 0.15) is 39.7 Å². The highest BCUT2D eigenvalue weighted by Gasteiger charge is 2.28. The van der Waals surface area contributed by atoms with Gasteiger partial charge >= 0.3 is 0 Å². The lowest BCUT2D eigenvalue weighted by molar-refractivity contribution is -0.126. The Hall–Kier alpha value is -1.35. The van der Waals surface area contributed by atoms with Gasteiger partial charge in [-0.25, -0.2) is 0 Å². The van der Waals surface area contributed by atoms with Gasteiger partial charge in [0.15, 0.2) is 0 Å². The molecule has 3 nitrogen and oxygen atoms in total. The Labute approximate surface area is 110 Å².